The quantitative estimate of drug-likeness (QED) is 0.642. The second kappa shape index (κ2) is 7.08. The molecule has 2 N–H and O–H groups in total. The highest BCUT2D eigenvalue weighted by Crippen LogP contribution is 2.48. The van der Waals surface area contributed by atoms with Crippen molar-refractivity contribution in [3.8, 4) is 11.3 Å². The van der Waals surface area contributed by atoms with Gasteiger partial charge in [-0.3, -0.25) is 4.79 Å². The molecule has 3 rings (SSSR count). The average molecular weight is 377 g/mol. The van der Waals surface area contributed by atoms with Crippen molar-refractivity contribution in [3.63, 3.8) is 0 Å². The van der Waals surface area contributed by atoms with Gasteiger partial charge in [0, 0.05) is 16.5 Å². The first-order valence-corrected chi connectivity index (χ1v) is 8.39. The number of hydrogen-bond donors (Lipinski definition) is 2. The first kappa shape index (κ1) is 19.0. The molecule has 27 heavy (non-hydrogen) atoms. The number of fused-ring (bicyclic) bond motifs is 1. The van der Waals surface area contributed by atoms with Crippen LogP contribution in [0.1, 0.15) is 18.9 Å². The Balaban J connectivity index is 2.30. The SMILES string of the molecule is CCOC(=O)CC(O)(c1c(-c2ccccc2)[nH]c2ccccc12)C(F)(F)F. The van der Waals surface area contributed by atoms with Gasteiger partial charge in [0.1, 0.15) is 0 Å². The number of para-hydroxylation sites is 1. The fourth-order valence-corrected chi connectivity index (χ4v) is 3.14. The molecule has 3 aromatic rings. The lowest BCUT2D eigenvalue weighted by Crippen LogP contribution is -2.44. The minimum absolute atomic E-state index is 0.0772. The van der Waals surface area contributed by atoms with Gasteiger partial charge < -0.3 is 14.8 Å². The predicted octanol–water partition coefficient (Wildman–Crippen LogP) is 4.54. The third-order valence-corrected chi connectivity index (χ3v) is 4.36. The Morgan fingerprint density at radius 2 is 1.70 bits per heavy atom. The van der Waals surface area contributed by atoms with Crippen LogP contribution in [0.25, 0.3) is 22.2 Å². The number of esters is 1. The number of aromatic amines is 1. The Morgan fingerprint density at radius 1 is 1.07 bits per heavy atom. The summed E-state index contributed by atoms with van der Waals surface area (Å²) in [6.45, 7) is 1.41. The summed E-state index contributed by atoms with van der Waals surface area (Å²) >= 11 is 0. The molecule has 2 aromatic carbocycles. The number of ether oxygens (including phenoxy) is 1. The molecule has 4 nitrogen and oxygen atoms in total. The van der Waals surface area contributed by atoms with E-state index in [1.165, 1.54) is 13.0 Å². The van der Waals surface area contributed by atoms with Crippen LogP contribution in [0.3, 0.4) is 0 Å². The lowest BCUT2D eigenvalue weighted by atomic mass is 9.85. The summed E-state index contributed by atoms with van der Waals surface area (Å²) in [7, 11) is 0. The van der Waals surface area contributed by atoms with Crippen LogP contribution in [-0.2, 0) is 15.1 Å². The fourth-order valence-electron chi connectivity index (χ4n) is 3.14. The summed E-state index contributed by atoms with van der Waals surface area (Å²) in [5.74, 6) is -1.12. The van der Waals surface area contributed by atoms with Crippen LogP contribution in [0, 0.1) is 0 Å². The maximum atomic E-state index is 14.0. The van der Waals surface area contributed by atoms with Crippen LogP contribution in [0.15, 0.2) is 54.6 Å². The van der Waals surface area contributed by atoms with Crippen LogP contribution in [-0.4, -0.2) is 28.8 Å². The number of rotatable bonds is 5. The highest BCUT2D eigenvalue weighted by atomic mass is 19.4. The van der Waals surface area contributed by atoms with Crippen LogP contribution in [0.5, 0.6) is 0 Å². The number of halogens is 3. The Labute approximate surface area is 153 Å². The fraction of sp³-hybridized carbons (Fsp3) is 0.250. The van der Waals surface area contributed by atoms with Crippen LogP contribution in [0.4, 0.5) is 13.2 Å². The molecular formula is C20H18F3NO3. The van der Waals surface area contributed by atoms with Gasteiger partial charge in [-0.15, -0.1) is 0 Å². The van der Waals surface area contributed by atoms with Crippen molar-refractivity contribution in [3.05, 3.63) is 60.2 Å². The summed E-state index contributed by atoms with van der Waals surface area (Å²) in [6.07, 6.45) is -6.32. The standard InChI is InChI=1S/C20H18F3NO3/c1-2-27-16(25)12-19(26,20(21,22)23)17-14-10-6-7-11-15(14)24-18(17)13-8-4-3-5-9-13/h3-11,24,26H,2,12H2,1H3. The molecule has 0 radical (unpaired) electrons. The maximum Gasteiger partial charge on any atom is 0.422 e. The van der Waals surface area contributed by atoms with Gasteiger partial charge >= 0.3 is 12.1 Å². The Kier molecular flexibility index (Phi) is 4.97. The number of carbonyl (C=O) groups excluding carboxylic acids is 1. The number of aromatic nitrogens is 1. The summed E-state index contributed by atoms with van der Waals surface area (Å²) in [5.41, 5.74) is -2.77. The molecule has 0 bridgehead atoms. The van der Waals surface area contributed by atoms with E-state index >= 15 is 0 Å². The van der Waals surface area contributed by atoms with E-state index in [4.69, 9.17) is 0 Å². The number of benzene rings is 2. The summed E-state index contributed by atoms with van der Waals surface area (Å²) in [6, 6.07) is 14.7. The van der Waals surface area contributed by atoms with Gasteiger partial charge in [-0.05, 0) is 18.6 Å². The molecule has 1 heterocycles. The van der Waals surface area contributed by atoms with Crippen molar-refractivity contribution in [2.45, 2.75) is 25.1 Å². The third-order valence-electron chi connectivity index (χ3n) is 4.36. The first-order chi connectivity index (χ1) is 12.8. The molecule has 0 amide bonds. The predicted molar refractivity (Wildman–Crippen MR) is 94.9 cm³/mol. The Hall–Kier alpha value is -2.80. The highest BCUT2D eigenvalue weighted by Gasteiger charge is 2.58. The molecule has 1 atom stereocenters. The number of alkyl halides is 3. The van der Waals surface area contributed by atoms with Gasteiger partial charge in [0.05, 0.1) is 18.7 Å². The molecule has 0 fully saturated rings. The molecule has 0 aliphatic rings. The molecule has 0 saturated heterocycles. The van der Waals surface area contributed by atoms with Crippen molar-refractivity contribution in [2.75, 3.05) is 6.61 Å². The summed E-state index contributed by atoms with van der Waals surface area (Å²) in [4.78, 5) is 14.8. The van der Waals surface area contributed by atoms with E-state index in [0.717, 1.165) is 0 Å². The highest BCUT2D eigenvalue weighted by molar-refractivity contribution is 5.92. The third kappa shape index (κ3) is 3.42. The summed E-state index contributed by atoms with van der Waals surface area (Å²) in [5, 5.41) is 11.0. The second-order valence-corrected chi connectivity index (χ2v) is 6.13. The van der Waals surface area contributed by atoms with Crippen LogP contribution >= 0.6 is 0 Å². The normalized spacial score (nSPS) is 14.1. The molecule has 1 unspecified atom stereocenters. The monoisotopic (exact) mass is 377 g/mol. The van der Waals surface area contributed by atoms with E-state index in [1.54, 1.807) is 48.5 Å². The average Bonchev–Trinajstić information content (AvgIpc) is 3.01. The zero-order valence-corrected chi connectivity index (χ0v) is 14.5. The first-order valence-electron chi connectivity index (χ1n) is 8.39. The molecule has 0 aliphatic carbocycles. The molecule has 0 saturated carbocycles. The van der Waals surface area contributed by atoms with E-state index in [2.05, 4.69) is 9.72 Å². The van der Waals surface area contributed by atoms with E-state index in [0.29, 0.717) is 11.1 Å². The maximum absolute atomic E-state index is 14.0. The topological polar surface area (TPSA) is 62.3 Å². The van der Waals surface area contributed by atoms with Crippen molar-refractivity contribution >= 4 is 16.9 Å². The number of carbonyl (C=O) groups is 1. The van der Waals surface area contributed by atoms with Crippen molar-refractivity contribution in [1.82, 2.24) is 4.98 Å². The number of H-pyrrole nitrogens is 1. The number of nitrogens with one attached hydrogen (secondary N) is 1. The molecule has 0 aliphatic heterocycles. The van der Waals surface area contributed by atoms with Gasteiger partial charge in [0.2, 0.25) is 0 Å². The van der Waals surface area contributed by atoms with Gasteiger partial charge in [-0.2, -0.15) is 13.2 Å². The van der Waals surface area contributed by atoms with Gasteiger partial charge in [0.15, 0.2) is 5.60 Å². The molecule has 7 heteroatoms. The lowest BCUT2D eigenvalue weighted by Gasteiger charge is -2.30. The van der Waals surface area contributed by atoms with Crippen LogP contribution in [0.2, 0.25) is 0 Å². The van der Waals surface area contributed by atoms with Gasteiger partial charge in [0.25, 0.3) is 0 Å². The zero-order chi connectivity index (χ0) is 19.7. The van der Waals surface area contributed by atoms with E-state index < -0.39 is 24.2 Å². The second-order valence-electron chi connectivity index (χ2n) is 6.13. The van der Waals surface area contributed by atoms with Gasteiger partial charge in [-0.25, -0.2) is 0 Å². The van der Waals surface area contributed by atoms with Crippen molar-refractivity contribution in [2.24, 2.45) is 0 Å². The largest absolute Gasteiger partial charge is 0.466 e. The number of hydrogen-bond acceptors (Lipinski definition) is 3. The minimum Gasteiger partial charge on any atom is -0.466 e. The van der Waals surface area contributed by atoms with E-state index in [9.17, 15) is 23.1 Å². The molecule has 142 valence electrons. The van der Waals surface area contributed by atoms with Crippen molar-refractivity contribution in [1.29, 1.82) is 0 Å². The van der Waals surface area contributed by atoms with Crippen LogP contribution < -0.4 is 0 Å². The molecule has 1 aromatic heterocycles. The molecular weight excluding hydrogens is 359 g/mol. The van der Waals surface area contributed by atoms with Crippen molar-refractivity contribution < 1.29 is 27.8 Å². The van der Waals surface area contributed by atoms with E-state index in [1.807, 2.05) is 0 Å². The smallest absolute Gasteiger partial charge is 0.422 e. The Morgan fingerprint density at radius 3 is 2.33 bits per heavy atom. The molecule has 0 spiro atoms. The Bertz CT molecular complexity index is 950. The van der Waals surface area contributed by atoms with E-state index in [-0.39, 0.29) is 23.3 Å². The number of aliphatic hydroxyl groups is 1. The summed E-state index contributed by atoms with van der Waals surface area (Å²) < 4.78 is 46.7. The minimum atomic E-state index is -5.09. The lowest BCUT2D eigenvalue weighted by molar-refractivity contribution is -0.268. The van der Waals surface area contributed by atoms with Gasteiger partial charge in [-0.1, -0.05) is 48.5 Å². The zero-order valence-electron chi connectivity index (χ0n) is 14.5.